The first-order chi connectivity index (χ1) is 7.24. The van der Waals surface area contributed by atoms with E-state index in [9.17, 15) is 0 Å². The molecule has 2 heterocycles. The maximum Gasteiger partial charge on any atom is 0.216 e. The third-order valence-corrected chi connectivity index (χ3v) is 3.40. The van der Waals surface area contributed by atoms with E-state index in [0.29, 0.717) is 0 Å². The summed E-state index contributed by atoms with van der Waals surface area (Å²) in [4.78, 5) is 4.48. The Morgan fingerprint density at radius 3 is 3.20 bits per heavy atom. The summed E-state index contributed by atoms with van der Waals surface area (Å²) in [6.07, 6.45) is 9.40. The molecule has 0 aromatic rings. The van der Waals surface area contributed by atoms with E-state index in [1.54, 1.807) is 6.26 Å². The zero-order chi connectivity index (χ0) is 10.4. The van der Waals surface area contributed by atoms with Crippen molar-refractivity contribution in [1.29, 1.82) is 0 Å². The number of rotatable bonds is 0. The highest BCUT2D eigenvalue weighted by Crippen LogP contribution is 2.35. The standard InChI is InChI=1S/C11H7BrClNO/c12-9-5-15-11-8(9)4-6-3-7(13)1-2-10(6)14-11/h1-5,7,11H. The molecule has 0 fully saturated rings. The number of ether oxygens (including phenoxy) is 1. The van der Waals surface area contributed by atoms with E-state index >= 15 is 0 Å². The first kappa shape index (κ1) is 9.43. The fourth-order valence-electron chi connectivity index (χ4n) is 1.75. The average Bonchev–Trinajstić information content (AvgIpc) is 2.57. The predicted octanol–water partition coefficient (Wildman–Crippen LogP) is 3.06. The Labute approximate surface area is 101 Å². The van der Waals surface area contributed by atoms with Crippen molar-refractivity contribution in [2.75, 3.05) is 0 Å². The predicted molar refractivity (Wildman–Crippen MR) is 64.3 cm³/mol. The molecule has 0 saturated heterocycles. The Morgan fingerprint density at radius 2 is 2.33 bits per heavy atom. The van der Waals surface area contributed by atoms with Crippen molar-refractivity contribution in [1.82, 2.24) is 0 Å². The molecule has 0 aromatic carbocycles. The summed E-state index contributed by atoms with van der Waals surface area (Å²) >= 11 is 9.44. The van der Waals surface area contributed by atoms with Crippen LogP contribution in [0.25, 0.3) is 0 Å². The molecule has 0 amide bonds. The highest BCUT2D eigenvalue weighted by Gasteiger charge is 2.28. The molecule has 0 saturated carbocycles. The average molecular weight is 285 g/mol. The second-order valence-electron chi connectivity index (χ2n) is 3.49. The van der Waals surface area contributed by atoms with Gasteiger partial charge in [0.1, 0.15) is 6.26 Å². The van der Waals surface area contributed by atoms with Gasteiger partial charge in [0.05, 0.1) is 15.6 Å². The van der Waals surface area contributed by atoms with Gasteiger partial charge in [-0.25, -0.2) is 4.99 Å². The van der Waals surface area contributed by atoms with Crippen molar-refractivity contribution < 1.29 is 4.74 Å². The monoisotopic (exact) mass is 283 g/mol. The van der Waals surface area contributed by atoms with Crippen LogP contribution in [-0.4, -0.2) is 17.3 Å². The lowest BCUT2D eigenvalue weighted by Gasteiger charge is -2.19. The minimum absolute atomic E-state index is 0.0440. The lowest BCUT2D eigenvalue weighted by Crippen LogP contribution is -2.18. The second-order valence-corrected chi connectivity index (χ2v) is 4.85. The van der Waals surface area contributed by atoms with Gasteiger partial charge in [-0.1, -0.05) is 12.2 Å². The number of hydrogen-bond acceptors (Lipinski definition) is 2. The van der Waals surface area contributed by atoms with Gasteiger partial charge in [0.15, 0.2) is 0 Å². The highest BCUT2D eigenvalue weighted by molar-refractivity contribution is 9.12. The molecule has 3 aliphatic rings. The van der Waals surface area contributed by atoms with Crippen LogP contribution in [0.15, 0.2) is 51.2 Å². The van der Waals surface area contributed by atoms with Crippen LogP contribution in [0.1, 0.15) is 0 Å². The van der Waals surface area contributed by atoms with E-state index in [2.05, 4.69) is 27.0 Å². The SMILES string of the molecule is ClC1C=CC2=NC3OC=C(Br)C3=CC2=C1. The van der Waals surface area contributed by atoms with E-state index in [1.165, 1.54) is 0 Å². The largest absolute Gasteiger partial charge is 0.471 e. The fourth-order valence-corrected chi connectivity index (χ4v) is 2.38. The second kappa shape index (κ2) is 3.35. The van der Waals surface area contributed by atoms with Gasteiger partial charge in [-0.05, 0) is 33.7 Å². The van der Waals surface area contributed by atoms with Crippen molar-refractivity contribution in [3.8, 4) is 0 Å². The molecule has 0 radical (unpaired) electrons. The summed E-state index contributed by atoms with van der Waals surface area (Å²) in [6.45, 7) is 0. The Balaban J connectivity index is 2.05. The van der Waals surface area contributed by atoms with Gasteiger partial charge < -0.3 is 4.74 Å². The van der Waals surface area contributed by atoms with Crippen LogP contribution in [0.4, 0.5) is 0 Å². The molecule has 2 unspecified atom stereocenters. The number of aliphatic imine (C=N–C) groups is 1. The summed E-state index contributed by atoms with van der Waals surface area (Å²) in [5.41, 5.74) is 3.07. The minimum atomic E-state index is -0.192. The zero-order valence-electron chi connectivity index (χ0n) is 7.65. The van der Waals surface area contributed by atoms with Crippen LogP contribution < -0.4 is 0 Å². The quantitative estimate of drug-likeness (QED) is 0.627. The fraction of sp³-hybridized carbons (Fsp3) is 0.182. The van der Waals surface area contributed by atoms with E-state index in [1.807, 2.05) is 18.2 Å². The summed E-state index contributed by atoms with van der Waals surface area (Å²) in [5, 5.41) is -0.0440. The van der Waals surface area contributed by atoms with Crippen LogP contribution in [0, 0.1) is 0 Å². The van der Waals surface area contributed by atoms with Gasteiger partial charge >= 0.3 is 0 Å². The molecular formula is C11H7BrClNO. The third kappa shape index (κ3) is 1.50. The van der Waals surface area contributed by atoms with Crippen LogP contribution >= 0.6 is 27.5 Å². The van der Waals surface area contributed by atoms with Crippen molar-refractivity contribution >= 4 is 33.2 Å². The molecule has 2 aliphatic heterocycles. The summed E-state index contributed by atoms with van der Waals surface area (Å²) in [5.74, 6) is 0. The topological polar surface area (TPSA) is 21.6 Å². The van der Waals surface area contributed by atoms with Gasteiger partial charge in [-0.3, -0.25) is 0 Å². The van der Waals surface area contributed by atoms with Crippen molar-refractivity contribution in [3.05, 3.63) is 46.2 Å². The molecule has 76 valence electrons. The lowest BCUT2D eigenvalue weighted by molar-refractivity contribution is 0.205. The molecule has 2 nitrogen and oxygen atoms in total. The number of fused-ring (bicyclic) bond motifs is 2. The molecular weight excluding hydrogens is 277 g/mol. The highest BCUT2D eigenvalue weighted by atomic mass is 79.9. The van der Waals surface area contributed by atoms with Crippen LogP contribution in [0.5, 0.6) is 0 Å². The normalized spacial score (nSPS) is 31.9. The smallest absolute Gasteiger partial charge is 0.216 e. The maximum absolute atomic E-state index is 6.01. The number of alkyl halides is 1. The van der Waals surface area contributed by atoms with Crippen molar-refractivity contribution in [2.45, 2.75) is 11.6 Å². The Bertz CT molecular complexity index is 473. The Hall–Kier alpha value is -0.800. The number of nitrogens with zero attached hydrogens (tertiary/aromatic N) is 1. The molecule has 15 heavy (non-hydrogen) atoms. The van der Waals surface area contributed by atoms with Gasteiger partial charge in [0, 0.05) is 5.57 Å². The third-order valence-electron chi connectivity index (χ3n) is 2.48. The lowest BCUT2D eigenvalue weighted by atomic mass is 9.97. The summed E-state index contributed by atoms with van der Waals surface area (Å²) in [7, 11) is 0. The molecule has 3 rings (SSSR count). The molecule has 0 spiro atoms. The summed E-state index contributed by atoms with van der Waals surface area (Å²) in [6, 6.07) is 0. The Morgan fingerprint density at radius 1 is 1.47 bits per heavy atom. The van der Waals surface area contributed by atoms with Crippen LogP contribution in [0.3, 0.4) is 0 Å². The van der Waals surface area contributed by atoms with Gasteiger partial charge in [0.2, 0.25) is 6.23 Å². The molecule has 0 aromatic heterocycles. The maximum atomic E-state index is 6.01. The molecule has 4 heteroatoms. The number of hydrogen-bond donors (Lipinski definition) is 0. The van der Waals surface area contributed by atoms with Gasteiger partial charge in [0.25, 0.3) is 0 Å². The molecule has 0 bridgehead atoms. The van der Waals surface area contributed by atoms with Crippen LogP contribution in [-0.2, 0) is 4.74 Å². The number of halogens is 2. The van der Waals surface area contributed by atoms with E-state index < -0.39 is 0 Å². The molecule has 0 N–H and O–H groups in total. The van der Waals surface area contributed by atoms with E-state index in [4.69, 9.17) is 16.3 Å². The first-order valence-corrected chi connectivity index (χ1v) is 5.82. The van der Waals surface area contributed by atoms with Gasteiger partial charge in [-0.2, -0.15) is 0 Å². The molecule has 1 aliphatic carbocycles. The first-order valence-electron chi connectivity index (χ1n) is 4.59. The molecule has 2 atom stereocenters. The van der Waals surface area contributed by atoms with E-state index in [-0.39, 0.29) is 11.6 Å². The Kier molecular flexibility index (Phi) is 2.11. The number of dihydropyridines is 1. The van der Waals surface area contributed by atoms with Crippen LogP contribution in [0.2, 0.25) is 0 Å². The number of allylic oxidation sites excluding steroid dienone is 5. The van der Waals surface area contributed by atoms with Crippen molar-refractivity contribution in [3.63, 3.8) is 0 Å². The van der Waals surface area contributed by atoms with Gasteiger partial charge in [-0.15, -0.1) is 11.6 Å². The zero-order valence-corrected chi connectivity index (χ0v) is 9.99. The minimum Gasteiger partial charge on any atom is -0.471 e. The summed E-state index contributed by atoms with van der Waals surface area (Å²) < 4.78 is 6.34. The van der Waals surface area contributed by atoms with E-state index in [0.717, 1.165) is 21.3 Å². The van der Waals surface area contributed by atoms with Crippen molar-refractivity contribution in [2.24, 2.45) is 4.99 Å².